The van der Waals surface area contributed by atoms with Gasteiger partial charge in [0.25, 0.3) is 0 Å². The molecule has 0 heterocycles. The molecule has 0 saturated carbocycles. The Labute approximate surface area is 249 Å². The van der Waals surface area contributed by atoms with Gasteiger partial charge in [-0.2, -0.15) is 0 Å². The van der Waals surface area contributed by atoms with E-state index in [1.54, 1.807) is 0 Å². The molecule has 4 unspecified atom stereocenters. The monoisotopic (exact) mass is 567 g/mol. The van der Waals surface area contributed by atoms with Crippen LogP contribution in [0.25, 0.3) is 0 Å². The van der Waals surface area contributed by atoms with Crippen LogP contribution in [0.15, 0.2) is 0 Å². The molecule has 0 aromatic carbocycles. The quantitative estimate of drug-likeness (QED) is 0.0848. The Hall–Kier alpha value is -1.06. The molecule has 0 bridgehead atoms. The summed E-state index contributed by atoms with van der Waals surface area (Å²) in [4.78, 5) is 23.4. The highest BCUT2D eigenvalue weighted by Crippen LogP contribution is 2.44. The predicted molar refractivity (Wildman–Crippen MR) is 172 cm³/mol. The minimum Gasteiger partial charge on any atom is -0.481 e. The summed E-state index contributed by atoms with van der Waals surface area (Å²) in [5.74, 6) is 0.235. The van der Waals surface area contributed by atoms with Gasteiger partial charge in [-0.3, -0.25) is 9.59 Å². The largest absolute Gasteiger partial charge is 0.481 e. The number of carbonyl (C=O) groups is 2. The van der Waals surface area contributed by atoms with E-state index in [9.17, 15) is 14.7 Å². The zero-order chi connectivity index (χ0) is 30.1. The second-order valence-electron chi connectivity index (χ2n) is 13.2. The van der Waals surface area contributed by atoms with Gasteiger partial charge in [0.05, 0.1) is 5.41 Å². The van der Waals surface area contributed by atoms with Gasteiger partial charge in [0.1, 0.15) is 0 Å². The minimum atomic E-state index is -0.672. The average molecular weight is 567 g/mol. The highest BCUT2D eigenvalue weighted by atomic mass is 16.4. The Kier molecular flexibility index (Phi) is 25.0. The molecule has 0 saturated heterocycles. The maximum atomic E-state index is 12.8. The Bertz CT molecular complexity index is 604. The standard InChI is InChI=1S/C36H70O4/c1-6-10-25-31(8-3)29-33(36(5,35(39)40)30-32(9-4)26-11-7-2)27-23-21-19-17-15-13-12-14-16-18-20-22-24-28-34(37)38/h31-33H,6-30H2,1-5H3,(H,37,38)(H,39,40). The molecule has 0 aromatic heterocycles. The fourth-order valence-electron chi connectivity index (χ4n) is 6.66. The van der Waals surface area contributed by atoms with Gasteiger partial charge < -0.3 is 10.2 Å². The van der Waals surface area contributed by atoms with Gasteiger partial charge in [0.15, 0.2) is 0 Å². The number of aliphatic carboxylic acids is 2. The SMILES string of the molecule is CCCCC(CC)CC(CCCCCCCCCCCCCCCC(=O)O)C(C)(CC(CC)CCCC)C(=O)O. The molecule has 238 valence electrons. The van der Waals surface area contributed by atoms with Crippen LogP contribution in [0.2, 0.25) is 0 Å². The van der Waals surface area contributed by atoms with Crippen LogP contribution in [0.5, 0.6) is 0 Å². The zero-order valence-electron chi connectivity index (χ0n) is 27.6. The third-order valence-electron chi connectivity index (χ3n) is 9.75. The lowest BCUT2D eigenvalue weighted by atomic mass is 9.65. The van der Waals surface area contributed by atoms with Crippen molar-refractivity contribution < 1.29 is 19.8 Å². The fraction of sp³-hybridized carbons (Fsp3) is 0.944. The summed E-state index contributed by atoms with van der Waals surface area (Å²) in [6.07, 6.45) is 28.7. The summed E-state index contributed by atoms with van der Waals surface area (Å²) in [7, 11) is 0. The molecular weight excluding hydrogens is 496 g/mol. The maximum Gasteiger partial charge on any atom is 0.309 e. The highest BCUT2D eigenvalue weighted by molar-refractivity contribution is 5.74. The average Bonchev–Trinajstić information content (AvgIpc) is 2.93. The zero-order valence-corrected chi connectivity index (χ0v) is 27.6. The van der Waals surface area contributed by atoms with Crippen molar-refractivity contribution in [3.8, 4) is 0 Å². The van der Waals surface area contributed by atoms with E-state index >= 15 is 0 Å². The summed E-state index contributed by atoms with van der Waals surface area (Å²) < 4.78 is 0. The third-order valence-corrected chi connectivity index (χ3v) is 9.75. The molecule has 4 heteroatoms. The van der Waals surface area contributed by atoms with Gasteiger partial charge in [0.2, 0.25) is 0 Å². The fourth-order valence-corrected chi connectivity index (χ4v) is 6.66. The normalized spacial score (nSPS) is 15.4. The van der Waals surface area contributed by atoms with Crippen LogP contribution in [0.4, 0.5) is 0 Å². The molecule has 0 aromatic rings. The van der Waals surface area contributed by atoms with E-state index < -0.39 is 17.4 Å². The van der Waals surface area contributed by atoms with Crippen LogP contribution in [-0.2, 0) is 9.59 Å². The first-order valence-corrected chi connectivity index (χ1v) is 17.7. The Morgan fingerprint density at radius 1 is 0.575 bits per heavy atom. The molecule has 0 fully saturated rings. The van der Waals surface area contributed by atoms with Gasteiger partial charge in [-0.25, -0.2) is 0 Å². The van der Waals surface area contributed by atoms with Gasteiger partial charge in [0, 0.05) is 6.42 Å². The number of carboxylic acid groups (broad SMARTS) is 2. The van der Waals surface area contributed by atoms with Gasteiger partial charge >= 0.3 is 11.9 Å². The van der Waals surface area contributed by atoms with Crippen molar-refractivity contribution in [2.24, 2.45) is 23.2 Å². The van der Waals surface area contributed by atoms with Gasteiger partial charge in [-0.15, -0.1) is 0 Å². The van der Waals surface area contributed by atoms with Crippen LogP contribution >= 0.6 is 0 Å². The molecule has 0 aliphatic rings. The molecule has 0 aliphatic carbocycles. The van der Waals surface area contributed by atoms with Crippen LogP contribution in [0.1, 0.15) is 195 Å². The predicted octanol–water partition coefficient (Wildman–Crippen LogP) is 11.8. The lowest BCUT2D eigenvalue weighted by Gasteiger charge is -2.39. The van der Waals surface area contributed by atoms with Crippen LogP contribution < -0.4 is 0 Å². The topological polar surface area (TPSA) is 74.6 Å². The van der Waals surface area contributed by atoms with E-state index in [1.807, 2.05) is 0 Å². The summed E-state index contributed by atoms with van der Waals surface area (Å²) in [6, 6.07) is 0. The molecule has 0 amide bonds. The van der Waals surface area contributed by atoms with Gasteiger partial charge in [-0.1, -0.05) is 156 Å². The van der Waals surface area contributed by atoms with Crippen molar-refractivity contribution >= 4 is 11.9 Å². The van der Waals surface area contributed by atoms with Crippen molar-refractivity contribution in [1.29, 1.82) is 0 Å². The first kappa shape index (κ1) is 38.9. The van der Waals surface area contributed by atoms with E-state index in [4.69, 9.17) is 5.11 Å². The maximum absolute atomic E-state index is 12.8. The van der Waals surface area contributed by atoms with Crippen molar-refractivity contribution in [2.45, 2.75) is 195 Å². The molecule has 2 N–H and O–H groups in total. The number of hydrogen-bond donors (Lipinski definition) is 2. The molecule has 0 spiro atoms. The van der Waals surface area contributed by atoms with Crippen molar-refractivity contribution in [2.75, 3.05) is 0 Å². The Balaban J connectivity index is 4.60. The number of carboxylic acids is 2. The molecule has 4 atom stereocenters. The van der Waals surface area contributed by atoms with Crippen molar-refractivity contribution in [1.82, 2.24) is 0 Å². The highest BCUT2D eigenvalue weighted by Gasteiger charge is 2.42. The van der Waals surface area contributed by atoms with E-state index in [-0.39, 0.29) is 5.92 Å². The van der Waals surface area contributed by atoms with Crippen LogP contribution in [0, 0.1) is 23.2 Å². The van der Waals surface area contributed by atoms with E-state index in [1.165, 1.54) is 116 Å². The molecule has 0 aliphatic heterocycles. The smallest absolute Gasteiger partial charge is 0.309 e. The first-order valence-electron chi connectivity index (χ1n) is 17.7. The van der Waals surface area contributed by atoms with Crippen LogP contribution in [-0.4, -0.2) is 22.2 Å². The van der Waals surface area contributed by atoms with Crippen LogP contribution in [0.3, 0.4) is 0 Å². The molecule has 0 rings (SSSR count). The number of unbranched alkanes of at least 4 members (excludes halogenated alkanes) is 14. The second kappa shape index (κ2) is 25.6. The minimum absolute atomic E-state index is 0.284. The van der Waals surface area contributed by atoms with Gasteiger partial charge in [-0.05, 0) is 50.4 Å². The lowest BCUT2D eigenvalue weighted by molar-refractivity contribution is -0.154. The van der Waals surface area contributed by atoms with E-state index in [2.05, 4.69) is 34.6 Å². The van der Waals surface area contributed by atoms with Crippen molar-refractivity contribution in [3.05, 3.63) is 0 Å². The summed E-state index contributed by atoms with van der Waals surface area (Å²) in [5.41, 5.74) is -0.607. The molecular formula is C36H70O4. The Morgan fingerprint density at radius 2 is 1.00 bits per heavy atom. The summed E-state index contributed by atoms with van der Waals surface area (Å²) >= 11 is 0. The van der Waals surface area contributed by atoms with E-state index in [0.29, 0.717) is 18.3 Å². The number of hydrogen-bond acceptors (Lipinski definition) is 2. The Morgan fingerprint density at radius 3 is 1.40 bits per heavy atom. The third kappa shape index (κ3) is 19.1. The summed E-state index contributed by atoms with van der Waals surface area (Å²) in [6.45, 7) is 11.1. The lowest BCUT2D eigenvalue weighted by Crippen LogP contribution is -2.39. The molecule has 0 radical (unpaired) electrons. The van der Waals surface area contributed by atoms with Crippen molar-refractivity contribution in [3.63, 3.8) is 0 Å². The molecule has 4 nitrogen and oxygen atoms in total. The molecule has 40 heavy (non-hydrogen) atoms. The number of rotatable bonds is 30. The van der Waals surface area contributed by atoms with E-state index in [0.717, 1.165) is 38.5 Å². The summed E-state index contributed by atoms with van der Waals surface area (Å²) in [5, 5.41) is 19.2. The second-order valence-corrected chi connectivity index (χ2v) is 13.2. The first-order chi connectivity index (χ1) is 19.2.